The smallest absolute Gasteiger partial charge is 0.0477 e. The molecule has 0 aliphatic heterocycles. The Hall–Kier alpha value is -1.81. The molecule has 4 fully saturated rings. The zero-order chi connectivity index (χ0) is 25.7. The van der Waals surface area contributed by atoms with Gasteiger partial charge in [-0.25, -0.2) is 5.57 Å². The molecule has 0 aromatic heterocycles. The first kappa shape index (κ1) is 32.4. The second-order valence-corrected chi connectivity index (χ2v) is 11.7. The summed E-state index contributed by atoms with van der Waals surface area (Å²) in [6.07, 6.45) is 7.12. The molecule has 1 atom stereocenters. The number of rotatable bonds is 1. The predicted molar refractivity (Wildman–Crippen MR) is 164 cm³/mol. The Morgan fingerprint density at radius 3 is 1.26 bits per heavy atom. The summed E-state index contributed by atoms with van der Waals surface area (Å²) in [4.78, 5) is 0. The molecular formula is C35H43HfNSi-3. The van der Waals surface area contributed by atoms with Gasteiger partial charge in [-0.3, -0.25) is 6.08 Å². The van der Waals surface area contributed by atoms with Crippen molar-refractivity contribution in [2.45, 2.75) is 52.5 Å². The van der Waals surface area contributed by atoms with Crippen molar-refractivity contribution in [2.75, 3.05) is 0 Å². The second kappa shape index (κ2) is 14.5. The number of hydrogen-bond donors (Lipinski definition) is 0. The van der Waals surface area contributed by atoms with Crippen molar-refractivity contribution in [2.24, 2.45) is 23.7 Å². The molecule has 5 aliphatic carbocycles. The Labute approximate surface area is 254 Å². The molecule has 1 unspecified atom stereocenters. The zero-order valence-electron chi connectivity index (χ0n) is 23.8. The molecule has 1 N–H and O–H groups in total. The average molecular weight is 684 g/mol. The first-order valence-corrected chi connectivity index (χ1v) is 14.0. The van der Waals surface area contributed by atoms with Gasteiger partial charge in [-0.15, -0.1) is 12.5 Å². The summed E-state index contributed by atoms with van der Waals surface area (Å²) in [5, 5.41) is 1.35. The van der Waals surface area contributed by atoms with Gasteiger partial charge in [0.1, 0.15) is 0 Å². The van der Waals surface area contributed by atoms with Crippen LogP contribution in [0.4, 0.5) is 0 Å². The van der Waals surface area contributed by atoms with Crippen LogP contribution in [-0.4, -0.2) is 15.8 Å². The van der Waals surface area contributed by atoms with Crippen molar-refractivity contribution in [3.05, 3.63) is 127 Å². The summed E-state index contributed by atoms with van der Waals surface area (Å²) in [6, 6.07) is 31.1. The maximum Gasteiger partial charge on any atom is 0.0477 e. The molecule has 1 nitrogen and oxygen atoms in total. The van der Waals surface area contributed by atoms with Crippen LogP contribution in [0, 0.1) is 37.2 Å². The number of hydrogen-bond acceptors (Lipinski definition) is 0. The van der Waals surface area contributed by atoms with E-state index in [-0.39, 0.29) is 38.8 Å². The third kappa shape index (κ3) is 8.34. The van der Waals surface area contributed by atoms with Crippen LogP contribution in [0.25, 0.3) is 16.9 Å². The SMILES string of the molecule is CC1=[C-]C(C)C(C)=C1C.[CH3-].[Hf].[NH-]C12CC3C(C1)C3C2.[SiH2]c1ccccc1.c1ccc(-c2ccccc2)cc1. The molecule has 1 radical (unpaired) electrons. The molecule has 3 heteroatoms. The van der Waals surface area contributed by atoms with E-state index in [9.17, 15) is 0 Å². The van der Waals surface area contributed by atoms with Gasteiger partial charge in [0.15, 0.2) is 0 Å². The molecule has 4 saturated carbocycles. The van der Waals surface area contributed by atoms with Crippen LogP contribution in [0.1, 0.15) is 47.0 Å². The van der Waals surface area contributed by atoms with Crippen LogP contribution in [0.3, 0.4) is 0 Å². The standard InChI is InChI=1S/C12H10.C9H13.C7H10N.C6H7Si.CH3.Hf/c1-3-7-11(8-4-1)12-9-5-2-6-10-12;1-6-5-7(2)9(4)8(6)3;8-7-1-4-5(2-7)6(4)3-7;7-6-4-2-1-3-5-6;;/h1-10H;6H,1-4H3;4-6,8H,1-3H2;1-5H,7H2;1H3;/q;2*-1;;-1;. The summed E-state index contributed by atoms with van der Waals surface area (Å²) in [6.45, 7) is 8.67. The Morgan fingerprint density at radius 1 is 0.711 bits per heavy atom. The van der Waals surface area contributed by atoms with Crippen molar-refractivity contribution < 1.29 is 25.8 Å². The van der Waals surface area contributed by atoms with Crippen molar-refractivity contribution in [3.8, 4) is 11.1 Å². The molecule has 38 heavy (non-hydrogen) atoms. The fourth-order valence-electron chi connectivity index (χ4n) is 5.94. The minimum Gasteiger partial charge on any atom is -0.672 e. The normalized spacial score (nSPS) is 26.6. The van der Waals surface area contributed by atoms with E-state index in [0.29, 0.717) is 5.92 Å². The predicted octanol–water partition coefficient (Wildman–Crippen LogP) is 8.31. The molecule has 3 aromatic rings. The van der Waals surface area contributed by atoms with E-state index in [1.54, 1.807) is 0 Å². The monoisotopic (exact) mass is 685 g/mol. The van der Waals surface area contributed by atoms with Crippen molar-refractivity contribution in [1.82, 2.24) is 0 Å². The summed E-state index contributed by atoms with van der Waals surface area (Å²) in [7, 11) is 1.90. The van der Waals surface area contributed by atoms with E-state index in [1.165, 1.54) is 52.3 Å². The third-order valence-corrected chi connectivity index (χ3v) is 8.82. The van der Waals surface area contributed by atoms with E-state index >= 15 is 0 Å². The van der Waals surface area contributed by atoms with Crippen molar-refractivity contribution >= 4 is 15.4 Å². The molecule has 8 rings (SSSR count). The van der Waals surface area contributed by atoms with Crippen LogP contribution in [0.5, 0.6) is 0 Å². The fourth-order valence-corrected chi connectivity index (χ4v) is 6.21. The summed E-state index contributed by atoms with van der Waals surface area (Å²) < 4.78 is 0. The van der Waals surface area contributed by atoms with Crippen LogP contribution in [0.2, 0.25) is 0 Å². The Morgan fingerprint density at radius 2 is 1.08 bits per heavy atom. The summed E-state index contributed by atoms with van der Waals surface area (Å²) in [5.41, 5.74) is 14.7. The molecule has 5 aliphatic rings. The maximum absolute atomic E-state index is 7.79. The third-order valence-electron chi connectivity index (χ3n) is 8.35. The first-order chi connectivity index (χ1) is 17.3. The van der Waals surface area contributed by atoms with E-state index < -0.39 is 0 Å². The molecule has 4 bridgehead atoms. The van der Waals surface area contributed by atoms with Gasteiger partial charge < -0.3 is 13.2 Å². The topological polar surface area (TPSA) is 23.8 Å². The number of benzene rings is 3. The van der Waals surface area contributed by atoms with Crippen LogP contribution < -0.4 is 5.19 Å². The maximum atomic E-state index is 7.79. The van der Waals surface area contributed by atoms with E-state index in [2.05, 4.69) is 94.4 Å². The Bertz CT molecular complexity index is 1120. The molecular weight excluding hydrogens is 641 g/mol. The van der Waals surface area contributed by atoms with Crippen LogP contribution >= 0.6 is 0 Å². The van der Waals surface area contributed by atoms with Gasteiger partial charge >= 0.3 is 0 Å². The average Bonchev–Trinajstić information content (AvgIpc) is 3.27. The molecule has 0 spiro atoms. The minimum atomic E-state index is 0. The van der Waals surface area contributed by atoms with Gasteiger partial charge in [-0.2, -0.15) is 11.1 Å². The van der Waals surface area contributed by atoms with Crippen molar-refractivity contribution in [3.63, 3.8) is 0 Å². The molecule has 0 heterocycles. The van der Waals surface area contributed by atoms with Gasteiger partial charge in [0.2, 0.25) is 0 Å². The van der Waals surface area contributed by atoms with Gasteiger partial charge in [-0.1, -0.05) is 142 Å². The molecule has 0 saturated heterocycles. The van der Waals surface area contributed by atoms with Crippen LogP contribution in [-0.2, 0) is 25.8 Å². The second-order valence-electron chi connectivity index (χ2n) is 10.9. The molecule has 199 valence electrons. The fraction of sp³-hybridized carbons (Fsp3) is 0.343. The summed E-state index contributed by atoms with van der Waals surface area (Å²) >= 11 is 0. The summed E-state index contributed by atoms with van der Waals surface area (Å²) in [5.74, 6) is 3.66. The first-order valence-electron chi connectivity index (χ1n) is 13.3. The molecule has 0 amide bonds. The zero-order valence-corrected chi connectivity index (χ0v) is 28.8. The van der Waals surface area contributed by atoms with Crippen LogP contribution in [0.15, 0.2) is 108 Å². The van der Waals surface area contributed by atoms with E-state index in [4.69, 9.17) is 5.73 Å². The quantitative estimate of drug-likeness (QED) is 0.182. The largest absolute Gasteiger partial charge is 0.672 e. The minimum absolute atomic E-state index is 0. The van der Waals surface area contributed by atoms with E-state index in [1.807, 2.05) is 40.6 Å². The Kier molecular flexibility index (Phi) is 12.4. The van der Waals surface area contributed by atoms with Gasteiger partial charge in [0.25, 0.3) is 0 Å². The van der Waals surface area contributed by atoms with Gasteiger partial charge in [-0.05, 0) is 28.9 Å². The molecule has 3 aromatic carbocycles. The van der Waals surface area contributed by atoms with Gasteiger partial charge in [0, 0.05) is 36.1 Å². The number of nitrogens with one attached hydrogen (secondary N) is 1. The van der Waals surface area contributed by atoms with E-state index in [0.717, 1.165) is 17.8 Å². The van der Waals surface area contributed by atoms with Crippen molar-refractivity contribution in [1.29, 1.82) is 0 Å². The Balaban J connectivity index is 0.000000178. The number of allylic oxidation sites excluding steroid dienone is 4. The van der Waals surface area contributed by atoms with Gasteiger partial charge in [0.05, 0.1) is 0 Å².